The zero-order valence-electron chi connectivity index (χ0n) is 9.09. The lowest BCUT2D eigenvalue weighted by molar-refractivity contribution is 0.398. The summed E-state index contributed by atoms with van der Waals surface area (Å²) in [4.78, 5) is 2.70. The van der Waals surface area contributed by atoms with Crippen molar-refractivity contribution in [1.82, 2.24) is 5.16 Å². The van der Waals surface area contributed by atoms with Crippen molar-refractivity contribution in [2.24, 2.45) is 5.11 Å². The van der Waals surface area contributed by atoms with Crippen LogP contribution in [0.4, 0.5) is 4.39 Å². The number of aryl methyl sites for hydroxylation is 1. The molecule has 0 bridgehead atoms. The normalized spacial score (nSPS) is 10.0. The molecule has 0 aliphatic heterocycles. The number of hydrogen-bond donors (Lipinski definition) is 0. The molecule has 0 aliphatic rings. The quantitative estimate of drug-likeness (QED) is 0.460. The fourth-order valence-corrected chi connectivity index (χ4v) is 1.51. The van der Waals surface area contributed by atoms with Gasteiger partial charge in [-0.15, -0.1) is 0 Å². The van der Waals surface area contributed by atoms with Crippen LogP contribution in [0.2, 0.25) is 0 Å². The average Bonchev–Trinajstić information content (AvgIpc) is 2.69. The van der Waals surface area contributed by atoms with E-state index in [2.05, 4.69) is 15.2 Å². The fraction of sp³-hybridized carbons (Fsp3) is 0.182. The average molecular weight is 232 g/mol. The summed E-state index contributed by atoms with van der Waals surface area (Å²) in [5.74, 6) is 0.280. The predicted octanol–water partition coefficient (Wildman–Crippen LogP) is 3.60. The van der Waals surface area contributed by atoms with Crippen molar-refractivity contribution in [3.63, 3.8) is 0 Å². The Bertz CT molecular complexity index is 570. The van der Waals surface area contributed by atoms with Gasteiger partial charge in [0.25, 0.3) is 0 Å². The van der Waals surface area contributed by atoms with Crippen LogP contribution in [0.15, 0.2) is 33.9 Å². The van der Waals surface area contributed by atoms with Gasteiger partial charge in [-0.25, -0.2) is 4.39 Å². The summed E-state index contributed by atoms with van der Waals surface area (Å²) in [7, 11) is 0. The van der Waals surface area contributed by atoms with Crippen molar-refractivity contribution in [2.45, 2.75) is 13.5 Å². The van der Waals surface area contributed by atoms with Crippen molar-refractivity contribution in [3.8, 4) is 11.3 Å². The molecule has 6 heteroatoms. The van der Waals surface area contributed by atoms with E-state index in [1.54, 1.807) is 19.1 Å². The highest BCUT2D eigenvalue weighted by atomic mass is 19.1. The Labute approximate surface area is 96.5 Å². The third-order valence-electron chi connectivity index (χ3n) is 2.39. The van der Waals surface area contributed by atoms with Crippen LogP contribution in [0.25, 0.3) is 21.7 Å². The summed E-state index contributed by atoms with van der Waals surface area (Å²) >= 11 is 0. The highest BCUT2D eigenvalue weighted by Crippen LogP contribution is 2.26. The zero-order chi connectivity index (χ0) is 12.3. The van der Waals surface area contributed by atoms with Crippen molar-refractivity contribution >= 4 is 0 Å². The molecular weight excluding hydrogens is 223 g/mol. The van der Waals surface area contributed by atoms with E-state index in [1.165, 1.54) is 12.1 Å². The Morgan fingerprint density at radius 2 is 2.12 bits per heavy atom. The minimum absolute atomic E-state index is 0.165. The van der Waals surface area contributed by atoms with Gasteiger partial charge in [-0.3, -0.25) is 0 Å². The summed E-state index contributed by atoms with van der Waals surface area (Å²) in [5, 5.41) is 7.37. The Morgan fingerprint density at radius 1 is 1.41 bits per heavy atom. The van der Waals surface area contributed by atoms with E-state index in [-0.39, 0.29) is 12.4 Å². The maximum absolute atomic E-state index is 12.8. The monoisotopic (exact) mass is 232 g/mol. The molecule has 1 heterocycles. The molecule has 86 valence electrons. The first kappa shape index (κ1) is 11.2. The van der Waals surface area contributed by atoms with Crippen LogP contribution >= 0.6 is 0 Å². The second-order valence-electron chi connectivity index (χ2n) is 3.46. The van der Waals surface area contributed by atoms with Gasteiger partial charge in [0.1, 0.15) is 17.3 Å². The smallest absolute Gasteiger partial charge is 0.137 e. The van der Waals surface area contributed by atoms with Gasteiger partial charge >= 0.3 is 0 Å². The van der Waals surface area contributed by atoms with Gasteiger partial charge in [-0.2, -0.15) is 0 Å². The SMILES string of the molecule is Cc1onc(-c2ccc(F)cc2)c1CN=[N+]=[N-]. The molecule has 5 nitrogen and oxygen atoms in total. The molecule has 2 aromatic rings. The lowest BCUT2D eigenvalue weighted by Crippen LogP contribution is -1.87. The third kappa shape index (κ3) is 2.26. The van der Waals surface area contributed by atoms with Gasteiger partial charge < -0.3 is 4.52 Å². The number of rotatable bonds is 3. The summed E-state index contributed by atoms with van der Waals surface area (Å²) in [6.45, 7) is 1.90. The van der Waals surface area contributed by atoms with E-state index >= 15 is 0 Å². The molecule has 0 radical (unpaired) electrons. The standard InChI is InChI=1S/C11H9FN4O/c1-7-10(6-14-16-13)11(15-17-7)8-2-4-9(12)5-3-8/h2-5H,6H2,1H3. The predicted molar refractivity (Wildman–Crippen MR) is 59.5 cm³/mol. The topological polar surface area (TPSA) is 74.8 Å². The van der Waals surface area contributed by atoms with Gasteiger partial charge in [0.05, 0.1) is 6.54 Å². The van der Waals surface area contributed by atoms with Crippen LogP contribution in [-0.2, 0) is 6.54 Å². The number of benzene rings is 1. The largest absolute Gasteiger partial charge is 0.361 e. The molecule has 0 saturated carbocycles. The number of hydrogen-bond acceptors (Lipinski definition) is 3. The van der Waals surface area contributed by atoms with Crippen LogP contribution in [0.3, 0.4) is 0 Å². The molecule has 0 atom stereocenters. The van der Waals surface area contributed by atoms with Gasteiger partial charge in [-0.05, 0) is 36.7 Å². The van der Waals surface area contributed by atoms with Crippen molar-refractivity contribution in [2.75, 3.05) is 0 Å². The van der Waals surface area contributed by atoms with Gasteiger partial charge in [0.2, 0.25) is 0 Å². The Morgan fingerprint density at radius 3 is 2.76 bits per heavy atom. The number of azide groups is 1. The molecule has 0 unspecified atom stereocenters. The maximum atomic E-state index is 12.8. The summed E-state index contributed by atoms with van der Waals surface area (Å²) in [5.41, 5.74) is 10.3. The van der Waals surface area contributed by atoms with Crippen LogP contribution in [0.1, 0.15) is 11.3 Å². The first-order valence-electron chi connectivity index (χ1n) is 4.94. The van der Waals surface area contributed by atoms with E-state index in [9.17, 15) is 4.39 Å². The van der Waals surface area contributed by atoms with Crippen molar-refractivity contribution in [1.29, 1.82) is 0 Å². The Kier molecular flexibility index (Phi) is 3.07. The Balaban J connectivity index is 2.44. The van der Waals surface area contributed by atoms with E-state index in [0.717, 1.165) is 11.1 Å². The minimum Gasteiger partial charge on any atom is -0.361 e. The summed E-state index contributed by atoms with van der Waals surface area (Å²) in [6, 6.07) is 5.89. The molecule has 0 N–H and O–H groups in total. The summed E-state index contributed by atoms with van der Waals surface area (Å²) < 4.78 is 17.9. The molecule has 1 aromatic heterocycles. The van der Waals surface area contributed by atoms with Crippen molar-refractivity contribution < 1.29 is 8.91 Å². The summed E-state index contributed by atoms with van der Waals surface area (Å²) in [6.07, 6.45) is 0. The van der Waals surface area contributed by atoms with Gasteiger partial charge in [0, 0.05) is 16.0 Å². The lowest BCUT2D eigenvalue weighted by atomic mass is 10.1. The number of aromatic nitrogens is 1. The van der Waals surface area contributed by atoms with Crippen molar-refractivity contribution in [3.05, 3.63) is 51.8 Å². The molecule has 0 fully saturated rings. The molecule has 0 amide bonds. The van der Waals surface area contributed by atoms with Crippen LogP contribution in [0, 0.1) is 12.7 Å². The van der Waals surface area contributed by atoms with E-state index in [0.29, 0.717) is 11.5 Å². The molecule has 0 spiro atoms. The lowest BCUT2D eigenvalue weighted by Gasteiger charge is -1.99. The second-order valence-corrected chi connectivity index (χ2v) is 3.46. The van der Waals surface area contributed by atoms with Gasteiger partial charge in [-0.1, -0.05) is 10.3 Å². The maximum Gasteiger partial charge on any atom is 0.137 e. The Hall–Kier alpha value is -2.33. The molecular formula is C11H9FN4O. The fourth-order valence-electron chi connectivity index (χ4n) is 1.51. The molecule has 2 rings (SSSR count). The van der Waals surface area contributed by atoms with E-state index < -0.39 is 0 Å². The molecule has 1 aromatic carbocycles. The van der Waals surface area contributed by atoms with Crippen LogP contribution < -0.4 is 0 Å². The van der Waals surface area contributed by atoms with Crippen LogP contribution in [0.5, 0.6) is 0 Å². The highest BCUT2D eigenvalue weighted by Gasteiger charge is 2.13. The second kappa shape index (κ2) is 4.67. The van der Waals surface area contributed by atoms with Crippen LogP contribution in [-0.4, -0.2) is 5.16 Å². The molecule has 17 heavy (non-hydrogen) atoms. The first-order valence-corrected chi connectivity index (χ1v) is 4.94. The minimum atomic E-state index is -0.314. The third-order valence-corrected chi connectivity index (χ3v) is 2.39. The van der Waals surface area contributed by atoms with Gasteiger partial charge in [0.15, 0.2) is 0 Å². The zero-order valence-corrected chi connectivity index (χ0v) is 9.09. The molecule has 0 aliphatic carbocycles. The number of nitrogens with zero attached hydrogens (tertiary/aromatic N) is 4. The molecule has 0 saturated heterocycles. The van der Waals surface area contributed by atoms with E-state index in [4.69, 9.17) is 10.1 Å². The number of halogens is 1. The highest BCUT2D eigenvalue weighted by molar-refractivity contribution is 5.63. The van der Waals surface area contributed by atoms with E-state index in [1.807, 2.05) is 0 Å². The first-order chi connectivity index (χ1) is 8.22.